The predicted octanol–water partition coefficient (Wildman–Crippen LogP) is 5.80. The van der Waals surface area contributed by atoms with Gasteiger partial charge in [-0.15, -0.1) is 0 Å². The Morgan fingerprint density at radius 2 is 0.824 bits per heavy atom. The molecule has 2 aliphatic rings. The van der Waals surface area contributed by atoms with Crippen molar-refractivity contribution in [1.29, 1.82) is 0 Å². The lowest BCUT2D eigenvalue weighted by Gasteiger charge is -2.60. The van der Waals surface area contributed by atoms with Crippen molar-refractivity contribution < 1.29 is 62.0 Å². The molecule has 0 saturated carbocycles. The summed E-state index contributed by atoms with van der Waals surface area (Å²) in [5.41, 5.74) is -13.4. The second-order valence-electron chi connectivity index (χ2n) is 7.30. The summed E-state index contributed by atoms with van der Waals surface area (Å²) in [5, 5.41) is -1.54. The van der Waals surface area contributed by atoms with Gasteiger partial charge in [0.05, 0.1) is 0 Å². The van der Waals surface area contributed by atoms with Gasteiger partial charge in [-0.2, -0.15) is 60.5 Å². The van der Waals surface area contributed by atoms with Crippen LogP contribution in [0.2, 0.25) is 0 Å². The average molecular weight is 526 g/mol. The maximum atomic E-state index is 13.9. The summed E-state index contributed by atoms with van der Waals surface area (Å²) < 4.78 is 176. The summed E-state index contributed by atoms with van der Waals surface area (Å²) in [4.78, 5) is 0. The lowest BCUT2D eigenvalue weighted by atomic mass is 9.87. The van der Waals surface area contributed by atoms with Crippen molar-refractivity contribution in [2.75, 3.05) is 0 Å². The van der Waals surface area contributed by atoms with Crippen molar-refractivity contribution in [2.45, 2.75) is 35.9 Å². The summed E-state index contributed by atoms with van der Waals surface area (Å²) in [5.74, 6) is 0. The van der Waals surface area contributed by atoms with Gasteiger partial charge >= 0.3 is 24.7 Å². The molecule has 2 heterocycles. The van der Waals surface area contributed by atoms with Crippen molar-refractivity contribution in [3.05, 3.63) is 59.7 Å². The third-order valence-corrected chi connectivity index (χ3v) is 7.90. The summed E-state index contributed by atoms with van der Waals surface area (Å²) >= 11 is 0. The second kappa shape index (κ2) is 7.27. The fourth-order valence-electron chi connectivity index (χ4n) is 4.08. The van der Waals surface area contributed by atoms with Crippen molar-refractivity contribution in [3.8, 4) is 0 Å². The number of benzene rings is 2. The molecule has 0 aliphatic carbocycles. The highest BCUT2D eigenvalue weighted by Crippen LogP contribution is 2.65. The quantitative estimate of drug-likeness (QED) is 0.246. The first-order valence-corrected chi connectivity index (χ1v) is 10.4. The van der Waals surface area contributed by atoms with E-state index >= 15 is 0 Å². The van der Waals surface area contributed by atoms with E-state index in [1.807, 2.05) is 0 Å². The summed E-state index contributed by atoms with van der Waals surface area (Å²) in [6.07, 6.45) is -25.3. The average Bonchev–Trinajstić information content (AvgIpc) is 2.68. The number of hydrogen-bond donors (Lipinski definition) is 0. The first-order valence-electron chi connectivity index (χ1n) is 9.01. The maximum Gasteiger partial charge on any atom is 0.426 e. The Balaban J connectivity index is 2.12. The molecule has 0 aromatic heterocycles. The summed E-state index contributed by atoms with van der Waals surface area (Å²) in [6, 6.07) is 6.05. The third kappa shape index (κ3) is 3.12. The number of halogens is 12. The Labute approximate surface area is 183 Å². The number of hydrogen-bond acceptors (Lipinski definition) is 2. The molecule has 0 amide bonds. The molecule has 0 unspecified atom stereocenters. The largest absolute Gasteiger partial charge is 0.564 e. The maximum absolute atomic E-state index is 13.9. The zero-order valence-corrected chi connectivity index (χ0v) is 16.9. The van der Waals surface area contributed by atoms with Crippen molar-refractivity contribution in [1.82, 2.24) is 0 Å². The Hall–Kier alpha value is -1.99. The minimum absolute atomic E-state index is 0.423. The highest BCUT2D eigenvalue weighted by molar-refractivity contribution is 7.99. The van der Waals surface area contributed by atoms with Gasteiger partial charge in [0, 0.05) is 11.1 Å². The molecule has 0 atom stereocenters. The lowest BCUT2D eigenvalue weighted by molar-refractivity contribution is -0.385. The van der Waals surface area contributed by atoms with Gasteiger partial charge in [-0.25, -0.2) is 0 Å². The number of fused-ring (bicyclic) bond motifs is 5. The van der Waals surface area contributed by atoms with Gasteiger partial charge in [0.1, 0.15) is 0 Å². The van der Waals surface area contributed by atoms with Crippen LogP contribution in [0.5, 0.6) is 0 Å². The van der Waals surface area contributed by atoms with Crippen LogP contribution >= 0.6 is 7.80 Å². The van der Waals surface area contributed by atoms with E-state index in [0.717, 1.165) is 36.4 Å². The minimum atomic E-state index is -6.32. The highest BCUT2D eigenvalue weighted by atomic mass is 31.1. The van der Waals surface area contributed by atoms with Crippen LogP contribution in [-0.2, 0) is 20.5 Å². The Morgan fingerprint density at radius 1 is 0.529 bits per heavy atom. The third-order valence-electron chi connectivity index (χ3n) is 5.45. The zero-order chi connectivity index (χ0) is 25.5. The Morgan fingerprint density at radius 3 is 1.12 bits per heavy atom. The second-order valence-corrected chi connectivity index (χ2v) is 9.43. The molecule has 1 radical (unpaired) electrons. The molecular formula is C18H8BF12O2P-. The zero-order valence-electron chi connectivity index (χ0n) is 16.0. The molecule has 0 N–H and O–H groups in total. The molecule has 0 bridgehead atoms. The monoisotopic (exact) mass is 526 g/mol. The number of alkyl halides is 12. The van der Waals surface area contributed by atoms with Crippen LogP contribution in [0.1, 0.15) is 11.1 Å². The Bertz CT molecular complexity index is 994. The number of rotatable bonds is 0. The van der Waals surface area contributed by atoms with Crippen LogP contribution in [0.3, 0.4) is 0 Å². The van der Waals surface area contributed by atoms with E-state index in [1.165, 1.54) is 0 Å². The minimum Gasteiger partial charge on any atom is -0.564 e. The topological polar surface area (TPSA) is 18.5 Å². The van der Waals surface area contributed by atoms with Crippen LogP contribution in [0.25, 0.3) is 0 Å². The molecule has 2 aromatic carbocycles. The predicted molar refractivity (Wildman–Crippen MR) is 94.6 cm³/mol. The molecule has 0 saturated heterocycles. The van der Waals surface area contributed by atoms with Gasteiger partial charge in [-0.3, -0.25) is 0 Å². The molecule has 16 heteroatoms. The normalized spacial score (nSPS) is 20.9. The van der Waals surface area contributed by atoms with Crippen LogP contribution in [0.4, 0.5) is 52.7 Å². The first-order chi connectivity index (χ1) is 15.4. The fourth-order valence-corrected chi connectivity index (χ4v) is 6.80. The first kappa shape index (κ1) is 25.1. The van der Waals surface area contributed by atoms with Crippen LogP contribution in [0, 0.1) is 0 Å². The van der Waals surface area contributed by atoms with Crippen LogP contribution in [-0.4, -0.2) is 31.5 Å². The molecule has 2 nitrogen and oxygen atoms in total. The smallest absolute Gasteiger partial charge is 0.426 e. The van der Waals surface area contributed by atoms with Crippen LogP contribution in [0.15, 0.2) is 48.5 Å². The SMILES string of the molecule is FC(F)(F)C1(C(F)(F)F)O[B-]2OC(C(F)(F)F)(C(F)(F)F)c3ccccc3P2c2ccccc21. The van der Waals surface area contributed by atoms with Crippen molar-refractivity contribution >= 4 is 25.2 Å². The van der Waals surface area contributed by atoms with E-state index in [-0.39, 0.29) is 0 Å². The van der Waals surface area contributed by atoms with Crippen LogP contribution < -0.4 is 10.6 Å². The van der Waals surface area contributed by atoms with Gasteiger partial charge < -0.3 is 9.31 Å². The highest BCUT2D eigenvalue weighted by Gasteiger charge is 2.77. The lowest BCUT2D eigenvalue weighted by Crippen LogP contribution is -2.68. The van der Waals surface area contributed by atoms with E-state index < -0.39 is 72.3 Å². The molecule has 185 valence electrons. The van der Waals surface area contributed by atoms with E-state index in [0.29, 0.717) is 12.1 Å². The fraction of sp³-hybridized carbons (Fsp3) is 0.333. The van der Waals surface area contributed by atoms with E-state index in [1.54, 1.807) is 0 Å². The molecule has 4 rings (SSSR count). The molecule has 2 aliphatic heterocycles. The van der Waals surface area contributed by atoms with Gasteiger partial charge in [-0.05, 0) is 10.6 Å². The van der Waals surface area contributed by atoms with Crippen molar-refractivity contribution in [3.63, 3.8) is 0 Å². The molecule has 0 fully saturated rings. The van der Waals surface area contributed by atoms with E-state index in [9.17, 15) is 52.7 Å². The molecule has 2 aromatic rings. The molecule has 0 spiro atoms. The molecular weight excluding hydrogens is 518 g/mol. The van der Waals surface area contributed by atoms with Gasteiger partial charge in [-0.1, -0.05) is 48.5 Å². The Kier molecular flexibility index (Phi) is 5.37. The summed E-state index contributed by atoms with van der Waals surface area (Å²) in [6.45, 7) is -3.19. The van der Waals surface area contributed by atoms with E-state index in [2.05, 4.69) is 9.31 Å². The molecule has 34 heavy (non-hydrogen) atoms. The van der Waals surface area contributed by atoms with Gasteiger partial charge in [0.25, 0.3) is 0 Å². The van der Waals surface area contributed by atoms with E-state index in [4.69, 9.17) is 0 Å². The van der Waals surface area contributed by atoms with Gasteiger partial charge in [0.2, 0.25) is 11.2 Å². The van der Waals surface area contributed by atoms with Gasteiger partial charge in [0.15, 0.2) is 6.84 Å². The van der Waals surface area contributed by atoms with Crippen molar-refractivity contribution in [2.24, 2.45) is 0 Å². The summed E-state index contributed by atoms with van der Waals surface area (Å²) in [7, 11) is -2.83. The standard InChI is InChI=1S/C18H8BF12O2P/c20-15(21,22)13(16(23,24)25)9-5-1-3-7-11(9)34-12-8-4-2-6-10(12)14(17(26,27)28,18(29,30)31)33-19(34)32-13/h1-8H/q-1.